The Bertz CT molecular complexity index is 1840. The van der Waals surface area contributed by atoms with Crippen molar-refractivity contribution in [1.29, 1.82) is 0 Å². The van der Waals surface area contributed by atoms with Crippen LogP contribution in [0.5, 0.6) is 0 Å². The minimum Gasteiger partial charge on any atom is -0.374 e. The van der Waals surface area contributed by atoms with Crippen LogP contribution < -0.4 is 0 Å². The van der Waals surface area contributed by atoms with Crippen molar-refractivity contribution in [2.24, 2.45) is 0 Å². The van der Waals surface area contributed by atoms with Crippen LogP contribution in [0, 0.1) is 26.6 Å². The van der Waals surface area contributed by atoms with E-state index in [9.17, 15) is 17.6 Å². The molecule has 0 amide bonds. The summed E-state index contributed by atoms with van der Waals surface area (Å²) in [6.07, 6.45) is -3.16. The highest BCUT2D eigenvalue weighted by Crippen LogP contribution is 2.30. The van der Waals surface area contributed by atoms with Gasteiger partial charge in [-0.05, 0) is 142 Å². The average Bonchev–Trinajstić information content (AvgIpc) is 3.22. The third kappa shape index (κ3) is 30.4. The van der Waals surface area contributed by atoms with Crippen molar-refractivity contribution in [3.63, 3.8) is 0 Å². The maximum absolute atomic E-state index is 12.6. The number of hydrogen-bond acceptors (Lipinski definition) is 5. The summed E-state index contributed by atoms with van der Waals surface area (Å²) in [6.45, 7) is 28.6. The molecular weight excluding hydrogens is 805 g/mol. The first-order valence-corrected chi connectivity index (χ1v) is 21.8. The van der Waals surface area contributed by atoms with Crippen molar-refractivity contribution in [3.8, 4) is 0 Å². The van der Waals surface area contributed by atoms with E-state index < -0.39 is 11.7 Å². The lowest BCUT2D eigenvalue weighted by Crippen LogP contribution is -2.08. The van der Waals surface area contributed by atoms with Gasteiger partial charge in [-0.1, -0.05) is 114 Å². The van der Waals surface area contributed by atoms with E-state index in [1.807, 2.05) is 93.5 Å². The van der Waals surface area contributed by atoms with Crippen LogP contribution in [0.2, 0.25) is 0 Å². The van der Waals surface area contributed by atoms with Crippen molar-refractivity contribution in [3.05, 3.63) is 177 Å². The zero-order chi connectivity index (χ0) is 47.4. The van der Waals surface area contributed by atoms with Gasteiger partial charge in [-0.3, -0.25) is 0 Å². The van der Waals surface area contributed by atoms with Gasteiger partial charge in [-0.2, -0.15) is 13.2 Å². The second-order valence-corrected chi connectivity index (χ2v) is 16.6. The molecule has 0 saturated heterocycles. The summed E-state index contributed by atoms with van der Waals surface area (Å²) in [5, 5.41) is 0. The van der Waals surface area contributed by atoms with E-state index in [1.165, 1.54) is 39.9 Å². The summed E-state index contributed by atoms with van der Waals surface area (Å²) >= 11 is 0. The molecule has 0 N–H and O–H groups in total. The highest BCUT2D eigenvalue weighted by molar-refractivity contribution is 5.31. The molecule has 0 saturated carbocycles. The SMILES string of the molecule is CC(C)OCc1cccc(F)c1.CC(C)OCc1ccccc1.Cc1cc(COC(C)C)cc(C(F)(F)F)c1.Cc1ccc(COC(C)C)cc1.Cc1ccc(COC(C)C)cc1. The van der Waals surface area contributed by atoms with Gasteiger partial charge in [0.25, 0.3) is 0 Å². The van der Waals surface area contributed by atoms with E-state index in [2.05, 4.69) is 74.5 Å². The maximum atomic E-state index is 12.6. The predicted molar refractivity (Wildman–Crippen MR) is 251 cm³/mol. The number of hydrogen-bond donors (Lipinski definition) is 0. The van der Waals surface area contributed by atoms with Crippen LogP contribution in [0.3, 0.4) is 0 Å². The summed E-state index contributed by atoms with van der Waals surface area (Å²) in [5.41, 5.74) is 7.73. The number of benzene rings is 5. The molecule has 0 aliphatic rings. The van der Waals surface area contributed by atoms with Crippen LogP contribution in [0.15, 0.2) is 121 Å². The van der Waals surface area contributed by atoms with Gasteiger partial charge in [-0.15, -0.1) is 0 Å². The van der Waals surface area contributed by atoms with Gasteiger partial charge in [0.1, 0.15) is 5.82 Å². The molecule has 63 heavy (non-hydrogen) atoms. The summed E-state index contributed by atoms with van der Waals surface area (Å²) in [6, 6.07) is 37.5. The minimum absolute atomic E-state index is 0.00912. The third-order valence-corrected chi connectivity index (χ3v) is 8.35. The first-order valence-electron chi connectivity index (χ1n) is 21.8. The molecular formula is C54H74F4O5. The van der Waals surface area contributed by atoms with E-state index in [0.717, 1.165) is 37.5 Å². The van der Waals surface area contributed by atoms with Crippen molar-refractivity contribution in [1.82, 2.24) is 0 Å². The molecule has 0 spiro atoms. The van der Waals surface area contributed by atoms with E-state index in [4.69, 9.17) is 23.7 Å². The smallest absolute Gasteiger partial charge is 0.374 e. The van der Waals surface area contributed by atoms with Gasteiger partial charge < -0.3 is 23.7 Å². The fraction of sp³-hybridized carbons (Fsp3) is 0.444. The van der Waals surface area contributed by atoms with Gasteiger partial charge in [0.15, 0.2) is 0 Å². The lowest BCUT2D eigenvalue weighted by atomic mass is 10.1. The molecule has 5 aromatic carbocycles. The van der Waals surface area contributed by atoms with Crippen LogP contribution in [-0.2, 0) is 62.9 Å². The zero-order valence-electron chi connectivity index (χ0n) is 40.0. The summed E-state index contributed by atoms with van der Waals surface area (Å²) in [7, 11) is 0. The quantitative estimate of drug-likeness (QED) is 0.0981. The van der Waals surface area contributed by atoms with E-state index in [-0.39, 0.29) is 24.6 Å². The van der Waals surface area contributed by atoms with Crippen molar-refractivity contribution in [2.75, 3.05) is 0 Å². The molecule has 0 aromatic heterocycles. The standard InChI is InChI=1S/C12H15F3O.2C11H16O.C10H13FO.C10H14O/c1-8(2)16-7-10-4-9(3)5-11(6-10)12(13,14)15;2*1-9(2)12-8-11-6-4-10(3)5-7-11;1-8(2)12-7-9-4-3-5-10(11)6-9;1-9(2)11-8-10-6-4-3-5-7-10/h4-6,8H,7H2,1-3H3;2*4-7,9H,8H2,1-3H3;3-6,8H,7H2,1-2H3;3-7,9H,8H2,1-2H3. The molecule has 348 valence electrons. The van der Waals surface area contributed by atoms with Gasteiger partial charge in [0.2, 0.25) is 0 Å². The van der Waals surface area contributed by atoms with E-state index in [0.29, 0.717) is 36.0 Å². The first kappa shape index (κ1) is 56.6. The maximum Gasteiger partial charge on any atom is 0.416 e. The Balaban J connectivity index is 0.000000396. The Morgan fingerprint density at radius 3 is 1.08 bits per heavy atom. The molecule has 9 heteroatoms. The van der Waals surface area contributed by atoms with Crippen LogP contribution in [-0.4, -0.2) is 30.5 Å². The number of halogens is 4. The minimum atomic E-state index is -4.29. The molecule has 5 aromatic rings. The number of aryl methyl sites for hydroxylation is 3. The first-order chi connectivity index (χ1) is 29.6. The molecule has 5 nitrogen and oxygen atoms in total. The summed E-state index contributed by atoms with van der Waals surface area (Å²) in [5.74, 6) is -0.208. The average molecular weight is 879 g/mol. The fourth-order valence-corrected chi connectivity index (χ4v) is 4.99. The van der Waals surface area contributed by atoms with Gasteiger partial charge in [0, 0.05) is 0 Å². The molecule has 0 heterocycles. The van der Waals surface area contributed by atoms with E-state index >= 15 is 0 Å². The van der Waals surface area contributed by atoms with Gasteiger partial charge in [-0.25, -0.2) is 4.39 Å². The molecule has 0 aliphatic carbocycles. The predicted octanol–water partition coefficient (Wildman–Crippen LogP) is 15.1. The molecule has 0 fully saturated rings. The van der Waals surface area contributed by atoms with Crippen LogP contribution in [0.4, 0.5) is 17.6 Å². The Morgan fingerprint density at radius 2 is 0.714 bits per heavy atom. The normalized spacial score (nSPS) is 11.0. The Morgan fingerprint density at radius 1 is 0.365 bits per heavy atom. The third-order valence-electron chi connectivity index (χ3n) is 8.35. The Kier molecular flexibility index (Phi) is 28.3. The molecule has 0 radical (unpaired) electrons. The zero-order valence-corrected chi connectivity index (χ0v) is 40.0. The fourth-order valence-electron chi connectivity index (χ4n) is 4.99. The van der Waals surface area contributed by atoms with Crippen LogP contribution in [0.25, 0.3) is 0 Å². The molecule has 0 bridgehead atoms. The summed E-state index contributed by atoms with van der Waals surface area (Å²) < 4.78 is 77.1. The van der Waals surface area contributed by atoms with Gasteiger partial charge in [0.05, 0.1) is 69.1 Å². The molecule has 5 rings (SSSR count). The monoisotopic (exact) mass is 879 g/mol. The number of alkyl halides is 3. The highest BCUT2D eigenvalue weighted by atomic mass is 19.4. The van der Waals surface area contributed by atoms with E-state index in [1.54, 1.807) is 19.1 Å². The second-order valence-electron chi connectivity index (χ2n) is 16.6. The van der Waals surface area contributed by atoms with Crippen LogP contribution >= 0.6 is 0 Å². The number of rotatable bonds is 15. The lowest BCUT2D eigenvalue weighted by molar-refractivity contribution is -0.137. The molecule has 0 unspecified atom stereocenters. The van der Waals surface area contributed by atoms with Crippen LogP contribution in [0.1, 0.15) is 119 Å². The van der Waals surface area contributed by atoms with Crippen molar-refractivity contribution in [2.45, 2.75) is 160 Å². The van der Waals surface area contributed by atoms with Crippen molar-refractivity contribution >= 4 is 0 Å². The topological polar surface area (TPSA) is 46.2 Å². The molecule has 0 atom stereocenters. The highest BCUT2D eigenvalue weighted by Gasteiger charge is 2.30. The largest absolute Gasteiger partial charge is 0.416 e. The molecule has 0 aliphatic heterocycles. The number of ether oxygens (including phenoxy) is 5. The Labute approximate surface area is 377 Å². The second kappa shape index (κ2) is 31.5. The summed E-state index contributed by atoms with van der Waals surface area (Å²) in [4.78, 5) is 0. The lowest BCUT2D eigenvalue weighted by Gasteiger charge is -2.12. The van der Waals surface area contributed by atoms with Gasteiger partial charge >= 0.3 is 6.18 Å². The Hall–Kier alpha value is -4.38. The van der Waals surface area contributed by atoms with Crippen molar-refractivity contribution < 1.29 is 41.2 Å².